The highest BCUT2D eigenvalue weighted by atomic mass is 35.5. The standard InChI is InChI=1S/C20H19ClN2O2/c1-11-8-12(2)19-14-4-3-5-15(14)20(22-17(19)9-11)13-6-7-16(21)18(10-13)23(24)25/h3-4,6-10,14-15,20,22H,5H2,1-2H3/t14-,15+,20+/m0/s1. The molecule has 25 heavy (non-hydrogen) atoms. The van der Waals surface area contributed by atoms with E-state index in [0.29, 0.717) is 11.8 Å². The van der Waals surface area contributed by atoms with Gasteiger partial charge in [0.15, 0.2) is 0 Å². The molecule has 0 bridgehead atoms. The van der Waals surface area contributed by atoms with E-state index in [1.807, 2.05) is 6.07 Å². The summed E-state index contributed by atoms with van der Waals surface area (Å²) in [6.45, 7) is 4.25. The number of rotatable bonds is 2. The Hall–Kier alpha value is -2.33. The van der Waals surface area contributed by atoms with Crippen LogP contribution in [0.25, 0.3) is 0 Å². The molecule has 5 heteroatoms. The molecule has 0 radical (unpaired) electrons. The Morgan fingerprint density at radius 1 is 1.24 bits per heavy atom. The number of nitrogens with one attached hydrogen (secondary N) is 1. The molecule has 0 amide bonds. The van der Waals surface area contributed by atoms with Crippen molar-refractivity contribution >= 4 is 23.0 Å². The van der Waals surface area contributed by atoms with Gasteiger partial charge in [0.05, 0.1) is 11.0 Å². The van der Waals surface area contributed by atoms with Gasteiger partial charge in [0, 0.05) is 17.7 Å². The van der Waals surface area contributed by atoms with Crippen LogP contribution in [0.2, 0.25) is 5.02 Å². The van der Waals surface area contributed by atoms with Gasteiger partial charge < -0.3 is 5.32 Å². The number of anilines is 1. The van der Waals surface area contributed by atoms with Crippen molar-refractivity contribution in [3.8, 4) is 0 Å². The fraction of sp³-hybridized carbons (Fsp3) is 0.300. The van der Waals surface area contributed by atoms with Crippen LogP contribution in [0.4, 0.5) is 11.4 Å². The largest absolute Gasteiger partial charge is 0.378 e. The molecule has 1 aliphatic heterocycles. The number of hydrogen-bond donors (Lipinski definition) is 1. The van der Waals surface area contributed by atoms with Crippen molar-refractivity contribution in [1.82, 2.24) is 0 Å². The molecule has 2 aliphatic rings. The van der Waals surface area contributed by atoms with Gasteiger partial charge in [-0.2, -0.15) is 0 Å². The Labute approximate surface area is 151 Å². The van der Waals surface area contributed by atoms with Gasteiger partial charge in [0.2, 0.25) is 0 Å². The fourth-order valence-electron chi connectivity index (χ4n) is 4.33. The number of halogens is 1. The minimum atomic E-state index is -0.415. The van der Waals surface area contributed by atoms with Crippen LogP contribution < -0.4 is 5.32 Å². The summed E-state index contributed by atoms with van der Waals surface area (Å²) >= 11 is 5.99. The van der Waals surface area contributed by atoms with Gasteiger partial charge in [-0.25, -0.2) is 0 Å². The number of hydrogen-bond acceptors (Lipinski definition) is 3. The molecule has 0 saturated heterocycles. The zero-order valence-corrected chi connectivity index (χ0v) is 14.9. The Kier molecular flexibility index (Phi) is 3.80. The molecule has 3 atom stereocenters. The van der Waals surface area contributed by atoms with Gasteiger partial charge in [-0.05, 0) is 60.6 Å². The first kappa shape index (κ1) is 16.2. The van der Waals surface area contributed by atoms with Crippen molar-refractivity contribution in [3.05, 3.63) is 79.9 Å². The lowest BCUT2D eigenvalue weighted by Gasteiger charge is -2.38. The van der Waals surface area contributed by atoms with E-state index in [-0.39, 0.29) is 16.8 Å². The summed E-state index contributed by atoms with van der Waals surface area (Å²) in [7, 11) is 0. The SMILES string of the molecule is Cc1cc(C)c2c(c1)N[C@H](c1ccc(Cl)c([N+](=O)[O-])c1)[C@@H]1CC=C[C@H]21. The van der Waals surface area contributed by atoms with Crippen LogP contribution in [0, 0.1) is 29.9 Å². The predicted octanol–water partition coefficient (Wildman–Crippen LogP) is 5.69. The fourth-order valence-corrected chi connectivity index (χ4v) is 4.52. The zero-order valence-electron chi connectivity index (χ0n) is 14.1. The maximum Gasteiger partial charge on any atom is 0.288 e. The molecule has 1 aliphatic carbocycles. The van der Waals surface area contributed by atoms with Crippen molar-refractivity contribution in [2.45, 2.75) is 32.2 Å². The van der Waals surface area contributed by atoms with Gasteiger partial charge in [0.1, 0.15) is 5.02 Å². The second-order valence-corrected chi connectivity index (χ2v) is 7.39. The maximum absolute atomic E-state index is 11.3. The van der Waals surface area contributed by atoms with Crippen LogP contribution in [0.5, 0.6) is 0 Å². The van der Waals surface area contributed by atoms with E-state index < -0.39 is 4.92 Å². The molecule has 0 aromatic heterocycles. The molecule has 2 aromatic carbocycles. The Balaban J connectivity index is 1.82. The van der Waals surface area contributed by atoms with E-state index in [2.05, 4.69) is 43.4 Å². The monoisotopic (exact) mass is 354 g/mol. The summed E-state index contributed by atoms with van der Waals surface area (Å²) in [6, 6.07) is 9.56. The van der Waals surface area contributed by atoms with E-state index >= 15 is 0 Å². The molecule has 128 valence electrons. The summed E-state index contributed by atoms with van der Waals surface area (Å²) < 4.78 is 0. The molecule has 0 saturated carbocycles. The average Bonchev–Trinajstić information content (AvgIpc) is 3.03. The third kappa shape index (κ3) is 2.61. The lowest BCUT2D eigenvalue weighted by Crippen LogP contribution is -2.29. The predicted molar refractivity (Wildman–Crippen MR) is 100 cm³/mol. The van der Waals surface area contributed by atoms with Crippen LogP contribution in [0.3, 0.4) is 0 Å². The summed E-state index contributed by atoms with van der Waals surface area (Å²) in [5.41, 5.74) is 5.88. The Morgan fingerprint density at radius 3 is 2.80 bits per heavy atom. The molecule has 4 nitrogen and oxygen atoms in total. The van der Waals surface area contributed by atoms with Crippen molar-refractivity contribution < 1.29 is 4.92 Å². The van der Waals surface area contributed by atoms with Crippen molar-refractivity contribution in [2.24, 2.45) is 5.92 Å². The lowest BCUT2D eigenvalue weighted by atomic mass is 9.75. The Morgan fingerprint density at radius 2 is 2.04 bits per heavy atom. The third-order valence-electron chi connectivity index (χ3n) is 5.34. The van der Waals surface area contributed by atoms with E-state index in [0.717, 1.165) is 17.7 Å². The van der Waals surface area contributed by atoms with Gasteiger partial charge in [-0.1, -0.05) is 35.9 Å². The highest BCUT2D eigenvalue weighted by molar-refractivity contribution is 6.32. The van der Waals surface area contributed by atoms with Crippen molar-refractivity contribution in [3.63, 3.8) is 0 Å². The zero-order chi connectivity index (χ0) is 17.7. The van der Waals surface area contributed by atoms with Crippen LogP contribution >= 0.6 is 11.6 Å². The van der Waals surface area contributed by atoms with Crippen LogP contribution in [-0.2, 0) is 0 Å². The van der Waals surface area contributed by atoms with Gasteiger partial charge in [0.25, 0.3) is 5.69 Å². The second kappa shape index (κ2) is 5.88. The number of fused-ring (bicyclic) bond motifs is 3. The van der Waals surface area contributed by atoms with Crippen molar-refractivity contribution in [2.75, 3.05) is 5.32 Å². The van der Waals surface area contributed by atoms with Crippen molar-refractivity contribution in [1.29, 1.82) is 0 Å². The summed E-state index contributed by atoms with van der Waals surface area (Å²) in [6.07, 6.45) is 5.47. The maximum atomic E-state index is 11.3. The number of benzene rings is 2. The first-order valence-electron chi connectivity index (χ1n) is 8.44. The molecular formula is C20H19ClN2O2. The first-order chi connectivity index (χ1) is 12.0. The lowest BCUT2D eigenvalue weighted by molar-refractivity contribution is -0.384. The topological polar surface area (TPSA) is 55.2 Å². The molecule has 0 fully saturated rings. The van der Waals surface area contributed by atoms with Crippen LogP contribution in [0.15, 0.2) is 42.5 Å². The average molecular weight is 355 g/mol. The molecule has 0 spiro atoms. The normalized spacial score (nSPS) is 23.7. The van der Waals surface area contributed by atoms with E-state index in [4.69, 9.17) is 11.6 Å². The highest BCUT2D eigenvalue weighted by Gasteiger charge is 2.39. The van der Waals surface area contributed by atoms with Crippen LogP contribution in [0.1, 0.15) is 40.6 Å². The molecule has 0 unspecified atom stereocenters. The number of nitro groups is 1. The first-order valence-corrected chi connectivity index (χ1v) is 8.81. The summed E-state index contributed by atoms with van der Waals surface area (Å²) in [4.78, 5) is 10.8. The van der Waals surface area contributed by atoms with E-state index in [1.165, 1.54) is 16.7 Å². The Bertz CT molecular complexity index is 907. The minimum absolute atomic E-state index is 0.0321. The van der Waals surface area contributed by atoms with Gasteiger partial charge >= 0.3 is 0 Å². The number of aryl methyl sites for hydroxylation is 2. The smallest absolute Gasteiger partial charge is 0.288 e. The third-order valence-corrected chi connectivity index (χ3v) is 5.66. The van der Waals surface area contributed by atoms with E-state index in [9.17, 15) is 10.1 Å². The number of nitrogens with zero attached hydrogens (tertiary/aromatic N) is 1. The number of allylic oxidation sites excluding steroid dienone is 2. The molecular weight excluding hydrogens is 336 g/mol. The molecule has 4 rings (SSSR count). The van der Waals surface area contributed by atoms with Crippen LogP contribution in [-0.4, -0.2) is 4.92 Å². The quantitative estimate of drug-likeness (QED) is 0.428. The van der Waals surface area contributed by atoms with Gasteiger partial charge in [-0.15, -0.1) is 0 Å². The van der Waals surface area contributed by atoms with E-state index in [1.54, 1.807) is 12.1 Å². The molecule has 1 heterocycles. The molecule has 1 N–H and O–H groups in total. The molecule has 2 aromatic rings. The second-order valence-electron chi connectivity index (χ2n) is 6.99. The summed E-state index contributed by atoms with van der Waals surface area (Å²) in [5, 5.41) is 15.1. The minimum Gasteiger partial charge on any atom is -0.378 e. The van der Waals surface area contributed by atoms with Gasteiger partial charge in [-0.3, -0.25) is 10.1 Å². The highest BCUT2D eigenvalue weighted by Crippen LogP contribution is 2.51. The summed E-state index contributed by atoms with van der Waals surface area (Å²) in [5.74, 6) is 0.700. The number of nitro benzene ring substituents is 1.